The molecule has 1 fully saturated rings. The highest BCUT2D eigenvalue weighted by atomic mass is 16.2. The summed E-state index contributed by atoms with van der Waals surface area (Å²) in [5.74, 6) is 1.72. The first-order chi connectivity index (χ1) is 12.0. The molecule has 0 aromatic carbocycles. The molecule has 1 aliphatic rings. The summed E-state index contributed by atoms with van der Waals surface area (Å²) in [5, 5.41) is 3.28. The summed E-state index contributed by atoms with van der Waals surface area (Å²) in [6, 6.07) is 9.89. The van der Waals surface area contributed by atoms with Crippen molar-refractivity contribution in [1.29, 1.82) is 0 Å². The molecule has 1 N–H and O–H groups in total. The Kier molecular flexibility index (Phi) is 5.28. The van der Waals surface area contributed by atoms with Crippen LogP contribution in [0, 0.1) is 6.92 Å². The number of amides is 1. The van der Waals surface area contributed by atoms with Crippen molar-refractivity contribution < 1.29 is 4.79 Å². The van der Waals surface area contributed by atoms with E-state index in [2.05, 4.69) is 10.3 Å². The standard InChI is InChI=1S/C19H25N5O/c1-14-7-5-11-20-19(14)22-17-10-4-8-15(21-17)16-9-6-12-24(16)18(25)13-23(2)3/h4-5,7-8,10-11,16H,6,9,12-13H2,1-3H3,(H,20,21,22). The predicted octanol–water partition coefficient (Wildman–Crippen LogP) is 2.75. The number of aryl methyl sites for hydroxylation is 1. The fraction of sp³-hybridized carbons (Fsp3) is 0.421. The van der Waals surface area contributed by atoms with Gasteiger partial charge in [-0.2, -0.15) is 0 Å². The lowest BCUT2D eigenvalue weighted by Gasteiger charge is -2.26. The van der Waals surface area contributed by atoms with E-state index >= 15 is 0 Å². The van der Waals surface area contributed by atoms with Crippen molar-refractivity contribution in [3.8, 4) is 0 Å². The number of aromatic nitrogens is 2. The van der Waals surface area contributed by atoms with Crippen LogP contribution >= 0.6 is 0 Å². The number of carbonyl (C=O) groups excluding carboxylic acids is 1. The minimum Gasteiger partial charge on any atom is -0.333 e. The van der Waals surface area contributed by atoms with Crippen molar-refractivity contribution >= 4 is 17.5 Å². The van der Waals surface area contributed by atoms with E-state index in [4.69, 9.17) is 4.98 Å². The van der Waals surface area contributed by atoms with E-state index in [9.17, 15) is 4.79 Å². The second-order valence-corrected chi connectivity index (χ2v) is 6.72. The minimum atomic E-state index is 0.0547. The largest absolute Gasteiger partial charge is 0.333 e. The smallest absolute Gasteiger partial charge is 0.237 e. The van der Waals surface area contributed by atoms with Crippen molar-refractivity contribution in [3.63, 3.8) is 0 Å². The van der Waals surface area contributed by atoms with Gasteiger partial charge >= 0.3 is 0 Å². The van der Waals surface area contributed by atoms with Crippen LogP contribution in [-0.2, 0) is 4.79 Å². The third kappa shape index (κ3) is 4.14. The van der Waals surface area contributed by atoms with E-state index in [0.717, 1.165) is 42.3 Å². The number of hydrogen-bond donors (Lipinski definition) is 1. The van der Waals surface area contributed by atoms with Crippen molar-refractivity contribution in [1.82, 2.24) is 19.8 Å². The number of anilines is 2. The number of rotatable bonds is 5. The second-order valence-electron chi connectivity index (χ2n) is 6.72. The highest BCUT2D eigenvalue weighted by Gasteiger charge is 2.31. The van der Waals surface area contributed by atoms with E-state index in [0.29, 0.717) is 6.54 Å². The maximum atomic E-state index is 12.5. The van der Waals surface area contributed by atoms with Gasteiger partial charge < -0.3 is 15.1 Å². The molecule has 0 saturated carbocycles. The summed E-state index contributed by atoms with van der Waals surface area (Å²) >= 11 is 0. The molecule has 6 nitrogen and oxygen atoms in total. The topological polar surface area (TPSA) is 61.4 Å². The lowest BCUT2D eigenvalue weighted by atomic mass is 10.1. The van der Waals surface area contributed by atoms with Crippen molar-refractivity contribution in [3.05, 3.63) is 47.8 Å². The predicted molar refractivity (Wildman–Crippen MR) is 98.7 cm³/mol. The lowest BCUT2D eigenvalue weighted by Crippen LogP contribution is -2.37. The molecule has 0 radical (unpaired) electrons. The maximum absolute atomic E-state index is 12.5. The number of nitrogens with zero attached hydrogens (tertiary/aromatic N) is 4. The zero-order chi connectivity index (χ0) is 17.8. The number of hydrogen-bond acceptors (Lipinski definition) is 5. The van der Waals surface area contributed by atoms with Gasteiger partial charge in [0.05, 0.1) is 18.3 Å². The Labute approximate surface area is 148 Å². The van der Waals surface area contributed by atoms with E-state index in [-0.39, 0.29) is 11.9 Å². The Bertz CT molecular complexity index is 746. The van der Waals surface area contributed by atoms with Gasteiger partial charge in [0.1, 0.15) is 11.6 Å². The van der Waals surface area contributed by atoms with Gasteiger partial charge in [0, 0.05) is 12.7 Å². The zero-order valence-electron chi connectivity index (χ0n) is 15.1. The molecule has 3 rings (SSSR count). The third-order valence-electron chi connectivity index (χ3n) is 4.39. The normalized spacial score (nSPS) is 17.1. The molecule has 1 aliphatic heterocycles. The summed E-state index contributed by atoms with van der Waals surface area (Å²) in [7, 11) is 3.84. The zero-order valence-corrected chi connectivity index (χ0v) is 15.1. The van der Waals surface area contributed by atoms with Gasteiger partial charge in [0.25, 0.3) is 0 Å². The Balaban J connectivity index is 1.78. The first-order valence-electron chi connectivity index (χ1n) is 8.64. The molecular weight excluding hydrogens is 314 g/mol. The van der Waals surface area contributed by atoms with Crippen LogP contribution in [0.3, 0.4) is 0 Å². The Morgan fingerprint density at radius 1 is 1.32 bits per heavy atom. The molecule has 0 spiro atoms. The average molecular weight is 339 g/mol. The van der Waals surface area contributed by atoms with Crippen LogP contribution in [0.2, 0.25) is 0 Å². The molecule has 0 bridgehead atoms. The van der Waals surface area contributed by atoms with Crippen LogP contribution < -0.4 is 5.32 Å². The van der Waals surface area contributed by atoms with Gasteiger partial charge in [-0.15, -0.1) is 0 Å². The minimum absolute atomic E-state index is 0.0547. The number of carbonyl (C=O) groups is 1. The third-order valence-corrected chi connectivity index (χ3v) is 4.39. The van der Waals surface area contributed by atoms with Crippen LogP contribution in [0.1, 0.15) is 30.1 Å². The van der Waals surface area contributed by atoms with Gasteiger partial charge in [-0.3, -0.25) is 4.79 Å². The maximum Gasteiger partial charge on any atom is 0.237 e. The van der Waals surface area contributed by atoms with Gasteiger partial charge in [0.15, 0.2) is 0 Å². The van der Waals surface area contributed by atoms with Crippen LogP contribution in [0.5, 0.6) is 0 Å². The quantitative estimate of drug-likeness (QED) is 0.907. The molecule has 6 heteroatoms. The molecule has 3 heterocycles. The average Bonchev–Trinajstić information content (AvgIpc) is 3.06. The highest BCUT2D eigenvalue weighted by molar-refractivity contribution is 5.79. The number of nitrogens with one attached hydrogen (secondary N) is 1. The molecule has 1 atom stereocenters. The monoisotopic (exact) mass is 339 g/mol. The first-order valence-corrected chi connectivity index (χ1v) is 8.64. The summed E-state index contributed by atoms with van der Waals surface area (Å²) in [6.07, 6.45) is 3.73. The van der Waals surface area contributed by atoms with Gasteiger partial charge in [-0.05, 0) is 57.6 Å². The number of likely N-dealkylation sites (tertiary alicyclic amines) is 1. The fourth-order valence-corrected chi connectivity index (χ4v) is 3.18. The van der Waals surface area contributed by atoms with Crippen LogP contribution in [0.4, 0.5) is 11.6 Å². The summed E-state index contributed by atoms with van der Waals surface area (Å²) in [4.78, 5) is 25.5. The van der Waals surface area contributed by atoms with Crippen LogP contribution in [0.25, 0.3) is 0 Å². The second kappa shape index (κ2) is 7.61. The SMILES string of the molecule is Cc1cccnc1Nc1cccc(C2CCCN2C(=O)CN(C)C)n1. The van der Waals surface area contributed by atoms with Crippen molar-refractivity contribution in [2.45, 2.75) is 25.8 Å². The van der Waals surface area contributed by atoms with E-state index < -0.39 is 0 Å². The Morgan fingerprint density at radius 2 is 2.16 bits per heavy atom. The van der Waals surface area contributed by atoms with Gasteiger partial charge in [-0.25, -0.2) is 9.97 Å². The summed E-state index contributed by atoms with van der Waals surface area (Å²) < 4.78 is 0. The van der Waals surface area contributed by atoms with Crippen molar-refractivity contribution in [2.24, 2.45) is 0 Å². The molecule has 2 aromatic rings. The van der Waals surface area contributed by atoms with E-state index in [1.165, 1.54) is 0 Å². The van der Waals surface area contributed by atoms with Gasteiger partial charge in [-0.1, -0.05) is 12.1 Å². The fourth-order valence-electron chi connectivity index (χ4n) is 3.18. The molecule has 1 amide bonds. The Hall–Kier alpha value is -2.47. The first kappa shape index (κ1) is 17.4. The highest BCUT2D eigenvalue weighted by Crippen LogP contribution is 2.31. The lowest BCUT2D eigenvalue weighted by molar-refractivity contribution is -0.132. The number of likely N-dealkylation sites (N-methyl/N-ethyl adjacent to an activating group) is 1. The molecule has 1 saturated heterocycles. The molecular formula is C19H25N5O. The Morgan fingerprint density at radius 3 is 2.92 bits per heavy atom. The molecule has 132 valence electrons. The van der Waals surface area contributed by atoms with Crippen LogP contribution in [0.15, 0.2) is 36.5 Å². The molecule has 1 unspecified atom stereocenters. The molecule has 25 heavy (non-hydrogen) atoms. The molecule has 2 aromatic heterocycles. The van der Waals surface area contributed by atoms with E-state index in [1.807, 2.05) is 61.2 Å². The summed E-state index contributed by atoms with van der Waals surface area (Å²) in [6.45, 7) is 3.25. The van der Waals surface area contributed by atoms with Gasteiger partial charge in [0.2, 0.25) is 5.91 Å². The van der Waals surface area contributed by atoms with E-state index in [1.54, 1.807) is 6.20 Å². The van der Waals surface area contributed by atoms with Crippen LogP contribution in [-0.4, -0.2) is 52.9 Å². The van der Waals surface area contributed by atoms with Crippen molar-refractivity contribution in [2.75, 3.05) is 32.5 Å². The number of pyridine rings is 2. The summed E-state index contributed by atoms with van der Waals surface area (Å²) in [5.41, 5.74) is 2.00. The molecule has 0 aliphatic carbocycles.